The molecule has 0 aliphatic heterocycles. The van der Waals surface area contributed by atoms with Crippen LogP contribution in [0.3, 0.4) is 0 Å². The molecule has 0 radical (unpaired) electrons. The fraction of sp³-hybridized carbons (Fsp3) is 0.375. The largest absolute Gasteiger partial charge is 0.468 e. The van der Waals surface area contributed by atoms with Gasteiger partial charge in [-0.2, -0.15) is 0 Å². The van der Waals surface area contributed by atoms with Crippen molar-refractivity contribution in [2.45, 2.75) is 19.3 Å². The summed E-state index contributed by atoms with van der Waals surface area (Å²) in [6, 6.07) is 7.39. The maximum Gasteiger partial charge on any atom is 0.323 e. The van der Waals surface area contributed by atoms with Gasteiger partial charge < -0.3 is 9.47 Å². The van der Waals surface area contributed by atoms with Gasteiger partial charge in [-0.25, -0.2) is 0 Å². The van der Waals surface area contributed by atoms with Crippen LogP contribution < -0.4 is 0 Å². The van der Waals surface area contributed by atoms with Crippen molar-refractivity contribution in [1.82, 2.24) is 0 Å². The highest BCUT2D eigenvalue weighted by molar-refractivity contribution is 6.30. The van der Waals surface area contributed by atoms with E-state index in [2.05, 4.69) is 0 Å². The first-order chi connectivity index (χ1) is 10.0. The number of rotatable bonds is 3. The van der Waals surface area contributed by atoms with Gasteiger partial charge in [-0.3, -0.25) is 9.59 Å². The summed E-state index contributed by atoms with van der Waals surface area (Å²) >= 11 is 5.85. The number of benzene rings is 1. The van der Waals surface area contributed by atoms with E-state index < -0.39 is 17.4 Å². The predicted octanol–water partition coefficient (Wildman–Crippen LogP) is 3.24. The molecule has 5 heteroatoms. The molecule has 112 valence electrons. The van der Waals surface area contributed by atoms with Crippen LogP contribution in [0.25, 0.3) is 6.08 Å². The van der Waals surface area contributed by atoms with Crippen molar-refractivity contribution >= 4 is 29.6 Å². The molecule has 1 aliphatic rings. The molecule has 1 aromatic carbocycles. The lowest BCUT2D eigenvalue weighted by atomic mass is 9.86. The third-order valence-electron chi connectivity index (χ3n) is 3.79. The standard InChI is InChI=1S/C16H17ClO4/c1-20-14(18)16(15(19)21-2)8-7-12(10-16)9-11-3-5-13(17)6-4-11/h3-6,9H,7-8,10H2,1-2H3. The summed E-state index contributed by atoms with van der Waals surface area (Å²) in [7, 11) is 2.57. The van der Waals surface area contributed by atoms with E-state index in [0.29, 0.717) is 24.3 Å². The summed E-state index contributed by atoms with van der Waals surface area (Å²) in [5.74, 6) is -1.07. The number of carbonyl (C=O) groups excluding carboxylic acids is 2. The first-order valence-electron chi connectivity index (χ1n) is 6.63. The molecule has 0 amide bonds. The second-order valence-electron chi connectivity index (χ2n) is 5.10. The normalized spacial score (nSPS) is 18.5. The maximum absolute atomic E-state index is 12.0. The first kappa shape index (κ1) is 15.6. The van der Waals surface area contributed by atoms with Gasteiger partial charge in [0.15, 0.2) is 5.41 Å². The number of carbonyl (C=O) groups is 2. The minimum absolute atomic E-state index is 0.328. The summed E-state index contributed by atoms with van der Waals surface area (Å²) in [6.45, 7) is 0. The van der Waals surface area contributed by atoms with E-state index in [0.717, 1.165) is 11.1 Å². The van der Waals surface area contributed by atoms with Gasteiger partial charge in [-0.15, -0.1) is 0 Å². The monoisotopic (exact) mass is 308 g/mol. The lowest BCUT2D eigenvalue weighted by Crippen LogP contribution is -2.38. The fourth-order valence-electron chi connectivity index (χ4n) is 2.68. The SMILES string of the molecule is COC(=O)C1(C(=O)OC)CCC(=Cc2ccc(Cl)cc2)C1. The van der Waals surface area contributed by atoms with Crippen LogP contribution in [0.1, 0.15) is 24.8 Å². The number of hydrogen-bond donors (Lipinski definition) is 0. The quantitative estimate of drug-likeness (QED) is 0.635. The molecular formula is C16H17ClO4. The summed E-state index contributed by atoms with van der Waals surface area (Å²) in [5.41, 5.74) is 0.801. The molecule has 1 aliphatic carbocycles. The predicted molar refractivity (Wildman–Crippen MR) is 79.7 cm³/mol. The van der Waals surface area contributed by atoms with Crippen molar-refractivity contribution in [3.05, 3.63) is 40.4 Å². The van der Waals surface area contributed by atoms with Gasteiger partial charge in [0.05, 0.1) is 14.2 Å². The number of esters is 2. The van der Waals surface area contributed by atoms with Crippen molar-refractivity contribution in [3.63, 3.8) is 0 Å². The van der Waals surface area contributed by atoms with Gasteiger partial charge in [0.25, 0.3) is 0 Å². The van der Waals surface area contributed by atoms with Crippen molar-refractivity contribution in [2.24, 2.45) is 5.41 Å². The van der Waals surface area contributed by atoms with Gasteiger partial charge in [-0.1, -0.05) is 35.4 Å². The van der Waals surface area contributed by atoms with Crippen molar-refractivity contribution in [3.8, 4) is 0 Å². The molecule has 0 saturated heterocycles. The Labute approximate surface area is 128 Å². The zero-order valence-electron chi connectivity index (χ0n) is 12.0. The summed E-state index contributed by atoms with van der Waals surface area (Å²) < 4.78 is 9.58. The van der Waals surface area contributed by atoms with Gasteiger partial charge >= 0.3 is 11.9 Å². The van der Waals surface area contributed by atoms with Crippen molar-refractivity contribution < 1.29 is 19.1 Å². The second kappa shape index (κ2) is 6.31. The minimum Gasteiger partial charge on any atom is -0.468 e. The highest BCUT2D eigenvalue weighted by Crippen LogP contribution is 2.44. The van der Waals surface area contributed by atoms with Crippen LogP contribution in [0.5, 0.6) is 0 Å². The molecule has 0 aromatic heterocycles. The van der Waals surface area contributed by atoms with Crippen LogP contribution in [0.15, 0.2) is 29.8 Å². The molecular weight excluding hydrogens is 292 g/mol. The molecule has 0 unspecified atom stereocenters. The summed E-state index contributed by atoms with van der Waals surface area (Å²) in [5, 5.41) is 0.669. The molecule has 0 heterocycles. The third kappa shape index (κ3) is 3.10. The maximum atomic E-state index is 12.0. The Kier molecular flexibility index (Phi) is 4.68. The lowest BCUT2D eigenvalue weighted by Gasteiger charge is -2.22. The number of halogens is 1. The molecule has 0 N–H and O–H groups in total. The number of allylic oxidation sites excluding steroid dienone is 1. The molecule has 1 saturated carbocycles. The van der Waals surface area contributed by atoms with Crippen LogP contribution in [0.2, 0.25) is 5.02 Å². The zero-order valence-corrected chi connectivity index (χ0v) is 12.8. The van der Waals surface area contributed by atoms with Gasteiger partial charge in [0.1, 0.15) is 0 Å². The van der Waals surface area contributed by atoms with E-state index in [-0.39, 0.29) is 0 Å². The minimum atomic E-state index is -1.21. The van der Waals surface area contributed by atoms with E-state index in [1.807, 2.05) is 18.2 Å². The Bertz CT molecular complexity index is 558. The Morgan fingerprint density at radius 3 is 2.24 bits per heavy atom. The summed E-state index contributed by atoms with van der Waals surface area (Å²) in [6.07, 6.45) is 3.37. The molecule has 0 spiro atoms. The molecule has 1 fully saturated rings. The average Bonchev–Trinajstić information content (AvgIpc) is 2.93. The molecule has 21 heavy (non-hydrogen) atoms. The van der Waals surface area contributed by atoms with Crippen LogP contribution in [-0.2, 0) is 19.1 Å². The second-order valence-corrected chi connectivity index (χ2v) is 5.53. The van der Waals surface area contributed by atoms with Crippen LogP contribution in [0, 0.1) is 5.41 Å². The fourth-order valence-corrected chi connectivity index (χ4v) is 2.80. The van der Waals surface area contributed by atoms with E-state index in [1.54, 1.807) is 12.1 Å². The smallest absolute Gasteiger partial charge is 0.323 e. The van der Waals surface area contributed by atoms with Crippen LogP contribution in [0.4, 0.5) is 0 Å². The molecule has 0 atom stereocenters. The number of ether oxygens (including phenoxy) is 2. The van der Waals surface area contributed by atoms with Gasteiger partial charge in [0, 0.05) is 5.02 Å². The highest BCUT2D eigenvalue weighted by Gasteiger charge is 2.51. The van der Waals surface area contributed by atoms with Crippen molar-refractivity contribution in [2.75, 3.05) is 14.2 Å². The Morgan fingerprint density at radius 2 is 1.71 bits per heavy atom. The molecule has 2 rings (SSSR count). The molecule has 4 nitrogen and oxygen atoms in total. The third-order valence-corrected chi connectivity index (χ3v) is 4.05. The first-order valence-corrected chi connectivity index (χ1v) is 7.01. The molecule has 0 bridgehead atoms. The summed E-state index contributed by atoms with van der Waals surface area (Å²) in [4.78, 5) is 24.0. The topological polar surface area (TPSA) is 52.6 Å². The Morgan fingerprint density at radius 1 is 1.14 bits per heavy atom. The van der Waals surface area contributed by atoms with E-state index in [1.165, 1.54) is 14.2 Å². The highest BCUT2D eigenvalue weighted by atomic mass is 35.5. The Balaban J connectivity index is 2.25. The van der Waals surface area contributed by atoms with Gasteiger partial charge in [0.2, 0.25) is 0 Å². The van der Waals surface area contributed by atoms with Crippen LogP contribution >= 0.6 is 11.6 Å². The van der Waals surface area contributed by atoms with Gasteiger partial charge in [-0.05, 0) is 37.0 Å². The van der Waals surface area contributed by atoms with E-state index in [9.17, 15) is 9.59 Å². The Hall–Kier alpha value is -1.81. The van der Waals surface area contributed by atoms with E-state index in [4.69, 9.17) is 21.1 Å². The van der Waals surface area contributed by atoms with Crippen molar-refractivity contribution in [1.29, 1.82) is 0 Å². The van der Waals surface area contributed by atoms with Crippen LogP contribution in [-0.4, -0.2) is 26.2 Å². The number of methoxy groups -OCH3 is 2. The lowest BCUT2D eigenvalue weighted by molar-refractivity contribution is -0.168. The zero-order chi connectivity index (χ0) is 15.5. The van der Waals surface area contributed by atoms with E-state index >= 15 is 0 Å². The average molecular weight is 309 g/mol. The number of hydrogen-bond acceptors (Lipinski definition) is 4. The molecule has 1 aromatic rings.